The summed E-state index contributed by atoms with van der Waals surface area (Å²) in [7, 11) is 3.14. The Morgan fingerprint density at radius 2 is 1.67 bits per heavy atom. The third-order valence-corrected chi connectivity index (χ3v) is 6.70. The summed E-state index contributed by atoms with van der Waals surface area (Å²) in [4.78, 5) is 0. The van der Waals surface area contributed by atoms with Crippen LogP contribution in [0.3, 0.4) is 0 Å². The van der Waals surface area contributed by atoms with Gasteiger partial charge in [0.1, 0.15) is 19.2 Å². The Kier molecular flexibility index (Phi) is 9.27. The third-order valence-electron chi connectivity index (χ3n) is 6.70. The highest BCUT2D eigenvalue weighted by molar-refractivity contribution is 5.07. The van der Waals surface area contributed by atoms with Gasteiger partial charge in [-0.05, 0) is 52.9 Å². The van der Waals surface area contributed by atoms with Gasteiger partial charge >= 0.3 is 0 Å². The van der Waals surface area contributed by atoms with Crippen molar-refractivity contribution in [1.82, 2.24) is 0 Å². The van der Waals surface area contributed by atoms with Crippen molar-refractivity contribution in [2.75, 3.05) is 34.4 Å². The number of hydrogen-bond donors (Lipinski definition) is 3. The molecule has 176 valence electrons. The van der Waals surface area contributed by atoms with Crippen molar-refractivity contribution >= 4 is 0 Å². The van der Waals surface area contributed by atoms with Crippen LogP contribution in [0, 0.1) is 0 Å². The molecular weight excluding hydrogens is 392 g/mol. The van der Waals surface area contributed by atoms with Crippen molar-refractivity contribution in [2.45, 2.75) is 94.4 Å². The highest BCUT2D eigenvalue weighted by Gasteiger charge is 2.50. The minimum absolute atomic E-state index is 0.0295. The largest absolute Gasteiger partial charge is 0.393 e. The molecule has 3 N–H and O–H groups in total. The van der Waals surface area contributed by atoms with E-state index >= 15 is 0 Å². The van der Waals surface area contributed by atoms with Crippen LogP contribution in [-0.2, 0) is 23.7 Å². The quantitative estimate of drug-likeness (QED) is 0.414. The molecule has 0 aromatic carbocycles. The third kappa shape index (κ3) is 6.01. The molecule has 0 aromatic rings. The van der Waals surface area contributed by atoms with Crippen molar-refractivity contribution in [3.63, 3.8) is 0 Å². The molecule has 30 heavy (non-hydrogen) atoms. The van der Waals surface area contributed by atoms with Crippen LogP contribution in [0.5, 0.6) is 0 Å². The molecule has 0 radical (unpaired) electrons. The minimum atomic E-state index is -1.65. The standard InChI is InChI=1S/C22H40O8/c1-16-6-7-18-20(2,28-14-26-4)10-9-19(30-18)21(3,29-15-27-5)12-17(24)22(25,13-23)11-8-16/h8,17-19,23-25H,6-7,9-15H2,1-5H3/b16-8+/t17-,18-,19+,20+,21-,22+/m1/s1. The topological polar surface area (TPSA) is 107 Å². The molecule has 0 unspecified atom stereocenters. The van der Waals surface area contributed by atoms with Crippen molar-refractivity contribution in [3.8, 4) is 0 Å². The Morgan fingerprint density at radius 1 is 1.07 bits per heavy atom. The van der Waals surface area contributed by atoms with Gasteiger partial charge in [0.15, 0.2) is 0 Å². The molecule has 0 amide bonds. The molecule has 0 saturated carbocycles. The molecule has 0 aromatic heterocycles. The molecule has 2 rings (SSSR count). The van der Waals surface area contributed by atoms with Gasteiger partial charge in [-0.25, -0.2) is 0 Å². The van der Waals surface area contributed by atoms with Gasteiger partial charge in [0.2, 0.25) is 0 Å². The van der Waals surface area contributed by atoms with E-state index in [0.29, 0.717) is 6.42 Å². The predicted octanol–water partition coefficient (Wildman–Crippen LogP) is 1.90. The summed E-state index contributed by atoms with van der Waals surface area (Å²) in [5.74, 6) is 0. The van der Waals surface area contributed by atoms with Crippen LogP contribution in [0.2, 0.25) is 0 Å². The van der Waals surface area contributed by atoms with Crippen LogP contribution < -0.4 is 0 Å². The van der Waals surface area contributed by atoms with E-state index in [9.17, 15) is 15.3 Å². The fourth-order valence-electron chi connectivity index (χ4n) is 4.34. The zero-order valence-corrected chi connectivity index (χ0v) is 19.1. The van der Waals surface area contributed by atoms with Crippen molar-refractivity contribution < 1.29 is 39.0 Å². The highest BCUT2D eigenvalue weighted by Crippen LogP contribution is 2.42. The zero-order valence-electron chi connectivity index (χ0n) is 19.1. The Labute approximate surface area is 180 Å². The lowest BCUT2D eigenvalue weighted by Gasteiger charge is -2.50. The molecule has 6 atom stereocenters. The first-order valence-corrected chi connectivity index (χ1v) is 10.7. The first-order chi connectivity index (χ1) is 14.1. The molecule has 1 saturated heterocycles. The average molecular weight is 433 g/mol. The summed E-state index contributed by atoms with van der Waals surface area (Å²) in [5.41, 5.74) is -2.00. The van der Waals surface area contributed by atoms with Crippen LogP contribution in [0.4, 0.5) is 0 Å². The molecule has 2 bridgehead atoms. The van der Waals surface area contributed by atoms with Gasteiger partial charge in [0.25, 0.3) is 0 Å². The molecule has 2 heterocycles. The normalized spacial score (nSPS) is 42.7. The monoisotopic (exact) mass is 432 g/mol. The van der Waals surface area contributed by atoms with Crippen LogP contribution in [0.25, 0.3) is 0 Å². The van der Waals surface area contributed by atoms with Crippen LogP contribution in [0.15, 0.2) is 11.6 Å². The summed E-state index contributed by atoms with van der Waals surface area (Å²) in [6, 6.07) is 0. The average Bonchev–Trinajstić information content (AvgIpc) is 2.73. The fraction of sp³-hybridized carbons (Fsp3) is 0.909. The molecule has 0 spiro atoms. The minimum Gasteiger partial charge on any atom is -0.393 e. The second-order valence-electron chi connectivity index (χ2n) is 9.15. The SMILES string of the molecule is COCO[C@]1(C)C[C@@H](O)[C@@](O)(CO)C/C=C(\C)CC[C@H]2O[C@H]1CC[C@]2(C)OCOC. The summed E-state index contributed by atoms with van der Waals surface area (Å²) < 4.78 is 28.8. The number of allylic oxidation sites excluding steroid dienone is 1. The molecule has 2 aliphatic heterocycles. The Morgan fingerprint density at radius 3 is 2.27 bits per heavy atom. The summed E-state index contributed by atoms with van der Waals surface area (Å²) in [5, 5.41) is 31.6. The van der Waals surface area contributed by atoms with Gasteiger partial charge in [0, 0.05) is 20.6 Å². The number of rotatable bonds is 7. The molecular formula is C22H40O8. The first-order valence-electron chi connectivity index (χ1n) is 10.7. The van der Waals surface area contributed by atoms with Gasteiger partial charge in [-0.2, -0.15) is 0 Å². The molecule has 0 aliphatic carbocycles. The van der Waals surface area contributed by atoms with E-state index in [1.807, 2.05) is 26.8 Å². The van der Waals surface area contributed by atoms with Crippen LogP contribution in [-0.4, -0.2) is 84.8 Å². The van der Waals surface area contributed by atoms with Gasteiger partial charge in [0.05, 0.1) is 36.1 Å². The van der Waals surface area contributed by atoms with Gasteiger partial charge in [-0.3, -0.25) is 0 Å². The second-order valence-corrected chi connectivity index (χ2v) is 9.15. The number of aliphatic hydroxyl groups excluding tert-OH is 2. The second kappa shape index (κ2) is 10.8. The molecule has 1 fully saturated rings. The molecule has 8 heteroatoms. The number of aliphatic hydroxyl groups is 3. The Bertz CT molecular complexity index is 569. The Hall–Kier alpha value is -0.580. The van der Waals surface area contributed by atoms with E-state index in [0.717, 1.165) is 24.8 Å². The fourth-order valence-corrected chi connectivity index (χ4v) is 4.34. The Balaban J connectivity index is 2.38. The maximum absolute atomic E-state index is 10.9. The summed E-state index contributed by atoms with van der Waals surface area (Å²) >= 11 is 0. The van der Waals surface area contributed by atoms with Crippen LogP contribution in [0.1, 0.15) is 59.3 Å². The maximum atomic E-state index is 10.9. The summed E-state index contributed by atoms with van der Waals surface area (Å²) in [6.45, 7) is 5.56. The number of hydrogen-bond acceptors (Lipinski definition) is 8. The lowest BCUT2D eigenvalue weighted by molar-refractivity contribution is -0.272. The van der Waals surface area contributed by atoms with Gasteiger partial charge < -0.3 is 39.0 Å². The highest BCUT2D eigenvalue weighted by atomic mass is 16.7. The van der Waals surface area contributed by atoms with Crippen molar-refractivity contribution in [1.29, 1.82) is 0 Å². The van der Waals surface area contributed by atoms with Crippen LogP contribution >= 0.6 is 0 Å². The zero-order chi connectivity index (χ0) is 22.4. The van der Waals surface area contributed by atoms with E-state index in [4.69, 9.17) is 23.7 Å². The lowest BCUT2D eigenvalue weighted by Crippen LogP contribution is -2.59. The van der Waals surface area contributed by atoms with E-state index in [2.05, 4.69) is 0 Å². The molecule has 8 nitrogen and oxygen atoms in total. The van der Waals surface area contributed by atoms with Crippen molar-refractivity contribution in [2.24, 2.45) is 0 Å². The number of ether oxygens (including phenoxy) is 5. The number of fused-ring (bicyclic) bond motifs is 2. The lowest BCUT2D eigenvalue weighted by atomic mass is 9.77. The molecule has 2 aliphatic rings. The smallest absolute Gasteiger partial charge is 0.147 e. The first kappa shape index (κ1) is 25.7. The van der Waals surface area contributed by atoms with E-state index < -0.39 is 29.5 Å². The van der Waals surface area contributed by atoms with E-state index in [1.165, 1.54) is 7.11 Å². The predicted molar refractivity (Wildman–Crippen MR) is 111 cm³/mol. The number of methoxy groups -OCH3 is 2. The van der Waals surface area contributed by atoms with Gasteiger partial charge in [-0.15, -0.1) is 0 Å². The van der Waals surface area contributed by atoms with E-state index in [1.54, 1.807) is 7.11 Å². The van der Waals surface area contributed by atoms with E-state index in [-0.39, 0.29) is 38.6 Å². The van der Waals surface area contributed by atoms with Gasteiger partial charge in [-0.1, -0.05) is 11.6 Å². The summed E-state index contributed by atoms with van der Waals surface area (Å²) in [6.07, 6.45) is 3.27. The van der Waals surface area contributed by atoms with Crippen molar-refractivity contribution in [3.05, 3.63) is 11.6 Å². The maximum Gasteiger partial charge on any atom is 0.147 e.